The summed E-state index contributed by atoms with van der Waals surface area (Å²) < 4.78 is 32.9. The van der Waals surface area contributed by atoms with Gasteiger partial charge >= 0.3 is 5.97 Å². The second kappa shape index (κ2) is 7.62. The van der Waals surface area contributed by atoms with Crippen LogP contribution in [0.3, 0.4) is 0 Å². The van der Waals surface area contributed by atoms with Crippen molar-refractivity contribution in [2.75, 3.05) is 6.61 Å². The maximum atomic E-state index is 13.4. The van der Waals surface area contributed by atoms with E-state index in [4.69, 9.17) is 4.74 Å². The molecule has 0 radical (unpaired) electrons. The first-order chi connectivity index (χ1) is 12.8. The van der Waals surface area contributed by atoms with E-state index >= 15 is 0 Å². The third-order valence-corrected chi connectivity index (χ3v) is 7.58. The van der Waals surface area contributed by atoms with Gasteiger partial charge in [-0.3, -0.25) is 9.59 Å². The number of nitrogens with zero attached hydrogens (tertiary/aromatic N) is 1. The summed E-state index contributed by atoms with van der Waals surface area (Å²) in [4.78, 5) is 25.2. The average Bonchev–Trinajstić information content (AvgIpc) is 2.87. The van der Waals surface area contributed by atoms with Gasteiger partial charge in [-0.25, -0.2) is 12.7 Å². The van der Waals surface area contributed by atoms with Crippen LogP contribution in [-0.4, -0.2) is 36.7 Å². The van der Waals surface area contributed by atoms with Crippen LogP contribution in [0.15, 0.2) is 29.2 Å². The van der Waals surface area contributed by atoms with Crippen molar-refractivity contribution in [1.82, 2.24) is 4.31 Å². The summed E-state index contributed by atoms with van der Waals surface area (Å²) in [7, 11) is -3.96. The molecule has 1 aliphatic heterocycles. The number of carbonyl (C=O) groups is 2. The molecule has 1 aromatic carbocycles. The maximum Gasteiger partial charge on any atom is 0.306 e. The largest absolute Gasteiger partial charge is 0.466 e. The number of benzene rings is 1. The first-order valence-electron chi connectivity index (χ1n) is 9.62. The van der Waals surface area contributed by atoms with Crippen molar-refractivity contribution in [3.05, 3.63) is 29.8 Å². The molecule has 2 fully saturated rings. The van der Waals surface area contributed by atoms with Gasteiger partial charge in [0.2, 0.25) is 5.91 Å². The predicted molar refractivity (Wildman–Crippen MR) is 100 cm³/mol. The minimum absolute atomic E-state index is 0.0612. The molecular formula is C20H27NO5S. The number of amides is 1. The van der Waals surface area contributed by atoms with Crippen LogP contribution in [0.2, 0.25) is 0 Å². The molecule has 1 heterocycles. The molecule has 1 saturated heterocycles. The quantitative estimate of drug-likeness (QED) is 0.718. The average molecular weight is 394 g/mol. The number of ether oxygens (including phenoxy) is 1. The summed E-state index contributed by atoms with van der Waals surface area (Å²) in [6.45, 7) is 3.84. The Morgan fingerprint density at radius 3 is 2.41 bits per heavy atom. The first kappa shape index (κ1) is 19.9. The summed E-state index contributed by atoms with van der Waals surface area (Å²) in [5.74, 6) is -1.55. The lowest BCUT2D eigenvalue weighted by molar-refractivity contribution is -0.146. The fourth-order valence-electron chi connectivity index (χ4n) is 4.42. The zero-order chi connectivity index (χ0) is 19.7. The molecule has 0 bridgehead atoms. The number of hydrogen-bond acceptors (Lipinski definition) is 5. The SMILES string of the molecule is CCOC(=O)C[C@@H]1CC2(CCCCC2)N(S(=O)(=O)c2ccc(C)cc2)C1=O. The molecule has 1 spiro atoms. The molecule has 7 heteroatoms. The van der Waals surface area contributed by atoms with Gasteiger partial charge in [0, 0.05) is 0 Å². The molecule has 0 N–H and O–H groups in total. The Balaban J connectivity index is 1.97. The van der Waals surface area contributed by atoms with Crippen molar-refractivity contribution in [2.45, 2.75) is 69.2 Å². The lowest BCUT2D eigenvalue weighted by atomic mass is 9.78. The molecule has 2 aliphatic rings. The van der Waals surface area contributed by atoms with E-state index in [1.807, 2.05) is 6.92 Å². The minimum Gasteiger partial charge on any atom is -0.466 e. The molecule has 1 saturated carbocycles. The third-order valence-electron chi connectivity index (χ3n) is 5.67. The van der Waals surface area contributed by atoms with Crippen LogP contribution in [-0.2, 0) is 24.3 Å². The molecule has 3 rings (SSSR count). The lowest BCUT2D eigenvalue weighted by Gasteiger charge is -2.40. The molecule has 27 heavy (non-hydrogen) atoms. The highest BCUT2D eigenvalue weighted by molar-refractivity contribution is 7.89. The van der Waals surface area contributed by atoms with Crippen molar-refractivity contribution < 1.29 is 22.7 Å². The van der Waals surface area contributed by atoms with Gasteiger partial charge in [0.15, 0.2) is 0 Å². The standard InChI is InChI=1S/C20H27NO5S/c1-3-26-18(22)13-16-14-20(11-5-4-6-12-20)21(19(16)23)27(24,25)17-9-7-15(2)8-10-17/h7-10,16H,3-6,11-14H2,1-2H3/t16-/m1/s1. The number of hydrogen-bond donors (Lipinski definition) is 0. The van der Waals surface area contributed by atoms with E-state index in [2.05, 4.69) is 0 Å². The number of carbonyl (C=O) groups excluding carboxylic acids is 2. The van der Waals surface area contributed by atoms with Gasteiger partial charge in [0.1, 0.15) is 0 Å². The molecule has 1 aromatic rings. The number of rotatable bonds is 5. The fraction of sp³-hybridized carbons (Fsp3) is 0.600. The van der Waals surface area contributed by atoms with Gasteiger partial charge in [0.25, 0.3) is 10.0 Å². The van der Waals surface area contributed by atoms with Crippen LogP contribution < -0.4 is 0 Å². The Hall–Kier alpha value is -1.89. The molecule has 148 valence electrons. The van der Waals surface area contributed by atoms with Crippen molar-refractivity contribution in [2.24, 2.45) is 5.92 Å². The summed E-state index contributed by atoms with van der Waals surface area (Å²) in [6, 6.07) is 6.56. The summed E-state index contributed by atoms with van der Waals surface area (Å²) >= 11 is 0. The van der Waals surface area contributed by atoms with E-state index in [0.717, 1.165) is 29.1 Å². The molecule has 0 aromatic heterocycles. The Labute approximate surface area is 160 Å². The summed E-state index contributed by atoms with van der Waals surface area (Å²) in [6.07, 6.45) is 4.46. The summed E-state index contributed by atoms with van der Waals surface area (Å²) in [5.41, 5.74) is 0.241. The monoisotopic (exact) mass is 393 g/mol. The van der Waals surface area contributed by atoms with Gasteiger partial charge in [-0.05, 0) is 45.2 Å². The zero-order valence-corrected chi connectivity index (χ0v) is 16.8. The smallest absolute Gasteiger partial charge is 0.306 e. The Bertz CT molecular complexity index is 809. The Morgan fingerprint density at radius 2 is 1.81 bits per heavy atom. The van der Waals surface area contributed by atoms with E-state index in [1.165, 1.54) is 0 Å². The van der Waals surface area contributed by atoms with Gasteiger partial charge in [-0.2, -0.15) is 0 Å². The molecule has 1 aliphatic carbocycles. The van der Waals surface area contributed by atoms with E-state index < -0.39 is 33.4 Å². The van der Waals surface area contributed by atoms with Gasteiger partial charge in [0.05, 0.1) is 29.4 Å². The molecule has 6 nitrogen and oxygen atoms in total. The Morgan fingerprint density at radius 1 is 1.19 bits per heavy atom. The highest BCUT2D eigenvalue weighted by atomic mass is 32.2. The minimum atomic E-state index is -3.96. The Kier molecular flexibility index (Phi) is 5.60. The van der Waals surface area contributed by atoms with E-state index in [0.29, 0.717) is 19.3 Å². The number of esters is 1. The van der Waals surface area contributed by atoms with Crippen LogP contribution in [0, 0.1) is 12.8 Å². The molecule has 0 unspecified atom stereocenters. The first-order valence-corrected chi connectivity index (χ1v) is 11.1. The maximum absolute atomic E-state index is 13.4. The van der Waals surface area contributed by atoms with Crippen LogP contribution in [0.1, 0.15) is 57.4 Å². The highest BCUT2D eigenvalue weighted by Gasteiger charge is 2.56. The number of aryl methyl sites for hydroxylation is 1. The number of sulfonamides is 1. The van der Waals surface area contributed by atoms with E-state index in [9.17, 15) is 18.0 Å². The van der Waals surface area contributed by atoms with Crippen LogP contribution in [0.4, 0.5) is 0 Å². The topological polar surface area (TPSA) is 80.8 Å². The van der Waals surface area contributed by atoms with Gasteiger partial charge in [-0.15, -0.1) is 0 Å². The molecule has 1 amide bonds. The van der Waals surface area contributed by atoms with Crippen molar-refractivity contribution in [3.63, 3.8) is 0 Å². The predicted octanol–water partition coefficient (Wildman–Crippen LogP) is 3.19. The van der Waals surface area contributed by atoms with Gasteiger partial charge in [-0.1, -0.05) is 37.0 Å². The lowest BCUT2D eigenvalue weighted by Crippen LogP contribution is -2.50. The summed E-state index contributed by atoms with van der Waals surface area (Å²) in [5, 5.41) is 0. The van der Waals surface area contributed by atoms with Crippen molar-refractivity contribution in [1.29, 1.82) is 0 Å². The van der Waals surface area contributed by atoms with Crippen LogP contribution >= 0.6 is 0 Å². The fourth-order valence-corrected chi connectivity index (χ4v) is 6.26. The van der Waals surface area contributed by atoms with E-state index in [1.54, 1.807) is 31.2 Å². The second-order valence-corrected chi connectivity index (χ2v) is 9.40. The second-order valence-electron chi connectivity index (χ2n) is 7.62. The zero-order valence-electron chi connectivity index (χ0n) is 15.9. The van der Waals surface area contributed by atoms with Gasteiger partial charge < -0.3 is 4.74 Å². The molecular weight excluding hydrogens is 366 g/mol. The van der Waals surface area contributed by atoms with Crippen LogP contribution in [0.25, 0.3) is 0 Å². The van der Waals surface area contributed by atoms with Crippen molar-refractivity contribution >= 4 is 21.9 Å². The van der Waals surface area contributed by atoms with Crippen molar-refractivity contribution in [3.8, 4) is 0 Å². The third kappa shape index (κ3) is 3.74. The normalized spacial score (nSPS) is 22.2. The highest BCUT2D eigenvalue weighted by Crippen LogP contribution is 2.48. The molecule has 1 atom stereocenters. The van der Waals surface area contributed by atoms with Crippen LogP contribution in [0.5, 0.6) is 0 Å². The van der Waals surface area contributed by atoms with E-state index in [-0.39, 0.29) is 17.9 Å².